The first-order chi connectivity index (χ1) is 11.4. The highest BCUT2D eigenvalue weighted by atomic mass is 32.2. The summed E-state index contributed by atoms with van der Waals surface area (Å²) in [4.78, 5) is 14.7. The van der Waals surface area contributed by atoms with Crippen LogP contribution in [0.15, 0.2) is 0 Å². The van der Waals surface area contributed by atoms with Crippen LogP contribution in [0, 0.1) is 11.8 Å². The Morgan fingerprint density at radius 1 is 1.04 bits per heavy atom. The molecule has 4 rings (SSSR count). The van der Waals surface area contributed by atoms with Gasteiger partial charge in [0.2, 0.25) is 10.0 Å². The molecule has 0 spiro atoms. The smallest absolute Gasteiger partial charge is 0.251 e. The van der Waals surface area contributed by atoms with Gasteiger partial charge in [-0.15, -0.1) is 0 Å². The Morgan fingerprint density at radius 2 is 1.75 bits per heavy atom. The summed E-state index contributed by atoms with van der Waals surface area (Å²) in [6.45, 7) is 4.92. The second-order valence-corrected chi connectivity index (χ2v) is 10.3. The molecule has 0 bridgehead atoms. The van der Waals surface area contributed by atoms with Crippen LogP contribution in [0.4, 0.5) is 0 Å². The zero-order valence-electron chi connectivity index (χ0n) is 14.4. The zero-order valence-corrected chi connectivity index (χ0v) is 15.2. The Labute approximate surface area is 144 Å². The summed E-state index contributed by atoms with van der Waals surface area (Å²) in [5.41, 5.74) is 0. The molecule has 3 heterocycles. The van der Waals surface area contributed by atoms with Gasteiger partial charge in [0.15, 0.2) is 0 Å². The van der Waals surface area contributed by atoms with Crippen LogP contribution in [0.1, 0.15) is 45.4 Å². The maximum atomic E-state index is 12.7. The van der Waals surface area contributed by atoms with Crippen LogP contribution in [0.5, 0.6) is 0 Å². The maximum Gasteiger partial charge on any atom is 0.251 e. The molecule has 1 amide bonds. The van der Waals surface area contributed by atoms with E-state index in [1.807, 2.05) is 4.90 Å². The molecule has 136 valence electrons. The molecule has 1 saturated carbocycles. The van der Waals surface area contributed by atoms with Gasteiger partial charge in [0, 0.05) is 26.2 Å². The third kappa shape index (κ3) is 3.10. The summed E-state index contributed by atoms with van der Waals surface area (Å²) >= 11 is 0. The fourth-order valence-electron chi connectivity index (χ4n) is 4.30. The number of hydrogen-bond donors (Lipinski definition) is 0. The molecule has 4 aliphatic rings. The first-order valence-corrected chi connectivity index (χ1v) is 10.9. The van der Waals surface area contributed by atoms with E-state index in [9.17, 15) is 13.2 Å². The molecule has 3 atom stereocenters. The number of rotatable bonds is 3. The lowest BCUT2D eigenvalue weighted by Gasteiger charge is -2.33. The Kier molecular flexibility index (Phi) is 4.37. The first kappa shape index (κ1) is 16.8. The highest BCUT2D eigenvalue weighted by Crippen LogP contribution is 2.38. The number of sulfonamides is 1. The van der Waals surface area contributed by atoms with Gasteiger partial charge >= 0.3 is 0 Å². The van der Waals surface area contributed by atoms with Gasteiger partial charge in [0.25, 0.3) is 5.91 Å². The molecule has 7 heteroatoms. The van der Waals surface area contributed by atoms with Gasteiger partial charge in [-0.05, 0) is 50.4 Å². The molecule has 3 saturated heterocycles. The van der Waals surface area contributed by atoms with Crippen LogP contribution in [0.2, 0.25) is 0 Å². The van der Waals surface area contributed by atoms with Crippen LogP contribution >= 0.6 is 0 Å². The van der Waals surface area contributed by atoms with Crippen molar-refractivity contribution in [3.05, 3.63) is 0 Å². The fourth-order valence-corrected chi connectivity index (χ4v) is 6.17. The van der Waals surface area contributed by atoms with Crippen molar-refractivity contribution in [2.75, 3.05) is 26.2 Å². The summed E-state index contributed by atoms with van der Waals surface area (Å²) in [5, 5.41) is -0.164. The van der Waals surface area contributed by atoms with E-state index in [1.54, 1.807) is 4.31 Å². The summed E-state index contributed by atoms with van der Waals surface area (Å²) in [5.74, 6) is 1.14. The lowest BCUT2D eigenvalue weighted by molar-refractivity contribution is -0.144. The summed E-state index contributed by atoms with van der Waals surface area (Å²) in [6.07, 6.45) is 4.83. The van der Waals surface area contributed by atoms with Gasteiger partial charge in [-0.1, -0.05) is 6.92 Å². The number of amides is 1. The molecule has 0 radical (unpaired) electrons. The predicted octanol–water partition coefficient (Wildman–Crippen LogP) is 1.22. The Bertz CT molecular complexity index is 596. The second-order valence-electron chi connectivity index (χ2n) is 8.06. The van der Waals surface area contributed by atoms with Crippen LogP contribution in [-0.2, 0) is 19.6 Å². The quantitative estimate of drug-likeness (QED) is 0.762. The molecule has 3 aliphatic heterocycles. The van der Waals surface area contributed by atoms with Crippen molar-refractivity contribution < 1.29 is 17.9 Å². The first-order valence-electron chi connectivity index (χ1n) is 9.38. The van der Waals surface area contributed by atoms with Crippen molar-refractivity contribution in [3.63, 3.8) is 0 Å². The minimum Gasteiger partial charge on any atom is -0.363 e. The van der Waals surface area contributed by atoms with Crippen molar-refractivity contribution in [1.29, 1.82) is 0 Å². The number of hydrogen-bond acceptors (Lipinski definition) is 4. The lowest BCUT2D eigenvalue weighted by Crippen LogP contribution is -2.47. The molecular weight excluding hydrogens is 328 g/mol. The molecule has 0 unspecified atom stereocenters. The maximum absolute atomic E-state index is 12.7. The summed E-state index contributed by atoms with van der Waals surface area (Å²) in [6, 6.07) is 0. The van der Waals surface area contributed by atoms with E-state index < -0.39 is 10.0 Å². The fraction of sp³-hybridized carbons (Fsp3) is 0.941. The van der Waals surface area contributed by atoms with E-state index >= 15 is 0 Å². The van der Waals surface area contributed by atoms with E-state index in [-0.39, 0.29) is 23.4 Å². The van der Waals surface area contributed by atoms with E-state index in [4.69, 9.17) is 4.74 Å². The van der Waals surface area contributed by atoms with Crippen LogP contribution in [0.3, 0.4) is 0 Å². The van der Waals surface area contributed by atoms with Gasteiger partial charge in [0.1, 0.15) is 6.10 Å². The molecule has 1 aliphatic carbocycles. The number of fused-ring (bicyclic) bond motifs is 1. The molecule has 0 aromatic carbocycles. The number of likely N-dealkylation sites (tertiary alicyclic amines) is 1. The lowest BCUT2D eigenvalue weighted by atomic mass is 9.92. The molecule has 24 heavy (non-hydrogen) atoms. The third-order valence-electron chi connectivity index (χ3n) is 6.19. The van der Waals surface area contributed by atoms with Gasteiger partial charge in [-0.2, -0.15) is 4.31 Å². The van der Waals surface area contributed by atoms with E-state index in [0.717, 1.165) is 51.6 Å². The standard InChI is InChI=1S/C17H28N2O4S/c1-12-4-7-18(8-5-12)17(20)15-10-13-6-9-19(11-16(13)23-15)24(21,22)14-2-3-14/h12-16H,2-11H2,1H3/t13-,15-,16+/m0/s1. The van der Waals surface area contributed by atoms with Gasteiger partial charge in [0.05, 0.1) is 11.4 Å². The molecule has 6 nitrogen and oxygen atoms in total. The Morgan fingerprint density at radius 3 is 2.42 bits per heavy atom. The summed E-state index contributed by atoms with van der Waals surface area (Å²) < 4.78 is 32.5. The molecule has 4 fully saturated rings. The van der Waals surface area contributed by atoms with Crippen molar-refractivity contribution in [3.8, 4) is 0 Å². The second kappa shape index (κ2) is 6.25. The zero-order chi connectivity index (χ0) is 16.9. The van der Waals surface area contributed by atoms with Crippen molar-refractivity contribution in [1.82, 2.24) is 9.21 Å². The monoisotopic (exact) mass is 356 g/mol. The third-order valence-corrected chi connectivity index (χ3v) is 8.56. The van der Waals surface area contributed by atoms with Crippen LogP contribution in [0.25, 0.3) is 0 Å². The number of ether oxygens (including phenoxy) is 1. The normalized spacial score (nSPS) is 35.9. The highest BCUT2D eigenvalue weighted by molar-refractivity contribution is 7.90. The van der Waals surface area contributed by atoms with Crippen molar-refractivity contribution in [2.24, 2.45) is 11.8 Å². The largest absolute Gasteiger partial charge is 0.363 e. The topological polar surface area (TPSA) is 66.9 Å². The van der Waals surface area contributed by atoms with E-state index in [1.165, 1.54) is 0 Å². The minimum absolute atomic E-state index is 0.107. The number of carbonyl (C=O) groups excluding carboxylic acids is 1. The molecule has 0 aromatic rings. The highest BCUT2D eigenvalue weighted by Gasteiger charge is 2.48. The number of carbonyl (C=O) groups is 1. The van der Waals surface area contributed by atoms with Crippen LogP contribution in [-0.4, -0.2) is 67.2 Å². The number of piperidine rings is 2. The van der Waals surface area contributed by atoms with Gasteiger partial charge in [-0.3, -0.25) is 4.79 Å². The minimum atomic E-state index is -3.13. The molecule has 0 N–H and O–H groups in total. The predicted molar refractivity (Wildman–Crippen MR) is 89.9 cm³/mol. The Balaban J connectivity index is 1.36. The van der Waals surface area contributed by atoms with Crippen molar-refractivity contribution >= 4 is 15.9 Å². The van der Waals surface area contributed by atoms with Crippen LogP contribution < -0.4 is 0 Å². The molecular formula is C17H28N2O4S. The van der Waals surface area contributed by atoms with E-state index in [0.29, 0.717) is 24.9 Å². The van der Waals surface area contributed by atoms with E-state index in [2.05, 4.69) is 6.92 Å². The number of nitrogens with zero attached hydrogens (tertiary/aromatic N) is 2. The van der Waals surface area contributed by atoms with Gasteiger partial charge < -0.3 is 9.64 Å². The Hall–Kier alpha value is -0.660. The van der Waals surface area contributed by atoms with Gasteiger partial charge in [-0.25, -0.2) is 8.42 Å². The van der Waals surface area contributed by atoms with Crippen molar-refractivity contribution in [2.45, 2.75) is 62.9 Å². The molecule has 0 aromatic heterocycles. The average molecular weight is 356 g/mol. The average Bonchev–Trinajstić information content (AvgIpc) is 3.34. The SMILES string of the molecule is CC1CCN(C(=O)[C@@H]2C[C@@H]3CCN(S(=O)(=O)C4CC4)C[C@H]3O2)CC1. The summed E-state index contributed by atoms with van der Waals surface area (Å²) in [7, 11) is -3.13.